The van der Waals surface area contributed by atoms with Crippen LogP contribution in [0.5, 0.6) is 0 Å². The summed E-state index contributed by atoms with van der Waals surface area (Å²) in [7, 11) is 1.47. The van der Waals surface area contributed by atoms with Crippen molar-refractivity contribution in [2.45, 2.75) is 33.5 Å². The average Bonchev–Trinajstić information content (AvgIpc) is 2.53. The monoisotopic (exact) mass is 376 g/mol. The van der Waals surface area contributed by atoms with Gasteiger partial charge in [0.25, 0.3) is 0 Å². The second-order valence-electron chi connectivity index (χ2n) is 6.66. The van der Waals surface area contributed by atoms with Crippen molar-refractivity contribution >= 4 is 11.9 Å². The number of nitrogens with one attached hydrogen (secondary N) is 3. The topological polar surface area (TPSA) is 65.5 Å². The van der Waals surface area contributed by atoms with Crippen molar-refractivity contribution in [2.75, 3.05) is 20.1 Å². The van der Waals surface area contributed by atoms with E-state index >= 15 is 0 Å². The van der Waals surface area contributed by atoms with Gasteiger partial charge < -0.3 is 16.0 Å². The molecule has 0 aromatic heterocycles. The van der Waals surface area contributed by atoms with Gasteiger partial charge in [0.2, 0.25) is 5.91 Å². The smallest absolute Gasteiger partial charge is 0.355 e. The maximum atomic E-state index is 13.1. The Kier molecular flexibility index (Phi) is 7.41. The summed E-state index contributed by atoms with van der Waals surface area (Å²) < 4.78 is 52.0. The highest BCUT2D eigenvalue weighted by atomic mass is 19.4. The molecule has 0 radical (unpaired) electrons. The molecule has 1 amide bonds. The van der Waals surface area contributed by atoms with Crippen molar-refractivity contribution in [1.82, 2.24) is 16.0 Å². The number of halogens is 4. The standard InChI is InChI=1S/C17H24F4N4O/c1-16(2,3)14(26)23-7-8-24-15(22-4)25-10-11-5-6-12(18)9-13(11)17(19,20)21/h5-6,9H,7-8,10H2,1-4H3,(H,23,26)(H2,22,24,25). The lowest BCUT2D eigenvalue weighted by Gasteiger charge is -2.18. The fourth-order valence-corrected chi connectivity index (χ4v) is 1.99. The SMILES string of the molecule is CN=C(NCCNC(=O)C(C)(C)C)NCc1ccc(F)cc1C(F)(F)F. The molecule has 3 N–H and O–H groups in total. The summed E-state index contributed by atoms with van der Waals surface area (Å²) in [4.78, 5) is 15.6. The Hall–Kier alpha value is -2.32. The maximum absolute atomic E-state index is 13.1. The highest BCUT2D eigenvalue weighted by Gasteiger charge is 2.33. The molecule has 0 fully saturated rings. The Labute approximate surface area is 150 Å². The predicted molar refractivity (Wildman–Crippen MR) is 92.1 cm³/mol. The molecule has 0 aliphatic carbocycles. The fourth-order valence-electron chi connectivity index (χ4n) is 1.99. The van der Waals surface area contributed by atoms with Crippen LogP contribution in [0.15, 0.2) is 23.2 Å². The molecule has 0 aliphatic heterocycles. The number of carbonyl (C=O) groups excluding carboxylic acids is 1. The molecule has 146 valence electrons. The summed E-state index contributed by atoms with van der Waals surface area (Å²) in [6, 6.07) is 2.53. The minimum absolute atomic E-state index is 0.0946. The first-order valence-electron chi connectivity index (χ1n) is 8.03. The lowest BCUT2D eigenvalue weighted by atomic mass is 9.96. The van der Waals surface area contributed by atoms with Gasteiger partial charge in [0.05, 0.1) is 5.56 Å². The third kappa shape index (κ3) is 6.89. The van der Waals surface area contributed by atoms with E-state index in [0.29, 0.717) is 19.2 Å². The molecule has 0 spiro atoms. The Morgan fingerprint density at radius 2 is 1.69 bits per heavy atom. The largest absolute Gasteiger partial charge is 0.416 e. The Bertz CT molecular complexity index is 651. The minimum atomic E-state index is -4.65. The lowest BCUT2D eigenvalue weighted by Crippen LogP contribution is -2.43. The maximum Gasteiger partial charge on any atom is 0.416 e. The summed E-state index contributed by atoms with van der Waals surface area (Å²) in [6.07, 6.45) is -4.65. The number of aliphatic imine (C=N–C) groups is 1. The number of benzene rings is 1. The van der Waals surface area contributed by atoms with Crippen LogP contribution in [0.25, 0.3) is 0 Å². The van der Waals surface area contributed by atoms with E-state index in [2.05, 4.69) is 20.9 Å². The van der Waals surface area contributed by atoms with E-state index in [1.807, 2.05) is 0 Å². The van der Waals surface area contributed by atoms with Crippen molar-refractivity contribution in [1.29, 1.82) is 0 Å². The van der Waals surface area contributed by atoms with E-state index in [1.165, 1.54) is 7.05 Å². The first-order chi connectivity index (χ1) is 11.9. The number of carbonyl (C=O) groups is 1. The van der Waals surface area contributed by atoms with Crippen LogP contribution in [-0.4, -0.2) is 32.0 Å². The van der Waals surface area contributed by atoms with Gasteiger partial charge in [-0.25, -0.2) is 4.39 Å². The fraction of sp³-hybridized carbons (Fsp3) is 0.529. The van der Waals surface area contributed by atoms with Gasteiger partial charge in [-0.1, -0.05) is 26.8 Å². The van der Waals surface area contributed by atoms with Crippen LogP contribution in [0.3, 0.4) is 0 Å². The molecule has 1 rings (SSSR count). The summed E-state index contributed by atoms with van der Waals surface area (Å²) in [5, 5.41) is 8.36. The molecule has 9 heteroatoms. The van der Waals surface area contributed by atoms with Crippen molar-refractivity contribution < 1.29 is 22.4 Å². The van der Waals surface area contributed by atoms with Crippen LogP contribution in [0.2, 0.25) is 0 Å². The van der Waals surface area contributed by atoms with Crippen LogP contribution in [-0.2, 0) is 17.5 Å². The first-order valence-corrected chi connectivity index (χ1v) is 8.03. The number of amides is 1. The van der Waals surface area contributed by atoms with Gasteiger partial charge in [0.15, 0.2) is 5.96 Å². The Balaban J connectivity index is 2.57. The van der Waals surface area contributed by atoms with E-state index in [4.69, 9.17) is 0 Å². The summed E-state index contributed by atoms with van der Waals surface area (Å²) >= 11 is 0. The Morgan fingerprint density at radius 1 is 1.08 bits per heavy atom. The van der Waals surface area contributed by atoms with Crippen LogP contribution >= 0.6 is 0 Å². The molecule has 0 unspecified atom stereocenters. The third-order valence-electron chi connectivity index (χ3n) is 3.43. The number of nitrogens with zero attached hydrogens (tertiary/aromatic N) is 1. The van der Waals surface area contributed by atoms with Gasteiger partial charge in [0.1, 0.15) is 5.82 Å². The molecule has 5 nitrogen and oxygen atoms in total. The summed E-state index contributed by atoms with van der Waals surface area (Å²) in [5.74, 6) is -0.783. The third-order valence-corrected chi connectivity index (χ3v) is 3.43. The molecule has 0 saturated heterocycles. The molecule has 0 aliphatic rings. The molecule has 1 aromatic rings. The van der Waals surface area contributed by atoms with Crippen LogP contribution < -0.4 is 16.0 Å². The highest BCUT2D eigenvalue weighted by Crippen LogP contribution is 2.32. The molecular weight excluding hydrogens is 352 g/mol. The molecule has 1 aromatic carbocycles. The molecular formula is C17H24F4N4O. The van der Waals surface area contributed by atoms with Gasteiger partial charge in [0, 0.05) is 32.1 Å². The molecule has 0 heterocycles. The normalized spacial score (nSPS) is 12.7. The first kappa shape index (κ1) is 21.7. The van der Waals surface area contributed by atoms with Crippen molar-refractivity contribution in [3.8, 4) is 0 Å². The van der Waals surface area contributed by atoms with Crippen molar-refractivity contribution in [3.63, 3.8) is 0 Å². The van der Waals surface area contributed by atoms with Gasteiger partial charge in [-0.3, -0.25) is 9.79 Å². The lowest BCUT2D eigenvalue weighted by molar-refractivity contribution is -0.138. The summed E-state index contributed by atoms with van der Waals surface area (Å²) in [5.41, 5.74) is -1.63. The number of guanidine groups is 1. The van der Waals surface area contributed by atoms with Crippen molar-refractivity contribution in [3.05, 3.63) is 35.1 Å². The second kappa shape index (κ2) is 8.86. The Morgan fingerprint density at radius 3 is 2.23 bits per heavy atom. The van der Waals surface area contributed by atoms with E-state index in [0.717, 1.165) is 12.1 Å². The average molecular weight is 376 g/mol. The highest BCUT2D eigenvalue weighted by molar-refractivity contribution is 5.81. The number of alkyl halides is 3. The molecule has 0 atom stereocenters. The molecule has 0 saturated carbocycles. The van der Waals surface area contributed by atoms with Gasteiger partial charge >= 0.3 is 6.18 Å². The van der Waals surface area contributed by atoms with Gasteiger partial charge in [-0.15, -0.1) is 0 Å². The van der Waals surface area contributed by atoms with Gasteiger partial charge in [-0.05, 0) is 17.7 Å². The summed E-state index contributed by atoms with van der Waals surface area (Å²) in [6.45, 7) is 5.87. The molecule has 0 bridgehead atoms. The predicted octanol–water partition coefficient (Wildman–Crippen LogP) is 2.67. The zero-order valence-corrected chi connectivity index (χ0v) is 15.2. The van der Waals surface area contributed by atoms with E-state index in [1.54, 1.807) is 20.8 Å². The quantitative estimate of drug-likeness (QED) is 0.320. The second-order valence-corrected chi connectivity index (χ2v) is 6.66. The van der Waals surface area contributed by atoms with Crippen LogP contribution in [0, 0.1) is 11.2 Å². The van der Waals surface area contributed by atoms with Crippen molar-refractivity contribution in [2.24, 2.45) is 10.4 Å². The van der Waals surface area contributed by atoms with Crippen LogP contribution in [0.1, 0.15) is 31.9 Å². The zero-order chi connectivity index (χ0) is 20.0. The molecule has 26 heavy (non-hydrogen) atoms. The minimum Gasteiger partial charge on any atom is -0.355 e. The number of hydrogen-bond acceptors (Lipinski definition) is 2. The van der Waals surface area contributed by atoms with E-state index < -0.39 is 23.0 Å². The zero-order valence-electron chi connectivity index (χ0n) is 15.2. The van der Waals surface area contributed by atoms with Gasteiger partial charge in [-0.2, -0.15) is 13.2 Å². The van der Waals surface area contributed by atoms with Crippen LogP contribution in [0.4, 0.5) is 17.6 Å². The number of rotatable bonds is 5. The van der Waals surface area contributed by atoms with E-state index in [9.17, 15) is 22.4 Å². The number of hydrogen-bond donors (Lipinski definition) is 3. The van der Waals surface area contributed by atoms with E-state index in [-0.39, 0.29) is 24.0 Å².